The second kappa shape index (κ2) is 7.21. The fourth-order valence-electron chi connectivity index (χ4n) is 1.65. The Kier molecular flexibility index (Phi) is 5.31. The summed E-state index contributed by atoms with van der Waals surface area (Å²) in [5.74, 6) is 0.135. The van der Waals surface area contributed by atoms with Crippen LogP contribution in [0.25, 0.3) is 0 Å². The number of hydrogen-bond donors (Lipinski definition) is 3. The summed E-state index contributed by atoms with van der Waals surface area (Å²) in [7, 11) is 0. The molecule has 0 spiro atoms. The highest BCUT2D eigenvalue weighted by Gasteiger charge is 2.21. The van der Waals surface area contributed by atoms with Crippen LogP contribution in [-0.2, 0) is 4.74 Å². The molecule has 2 amide bonds. The van der Waals surface area contributed by atoms with Crippen LogP contribution < -0.4 is 10.6 Å². The lowest BCUT2D eigenvalue weighted by Crippen LogP contribution is -2.37. The topological polar surface area (TPSA) is 70.6 Å². The Labute approximate surface area is 117 Å². The van der Waals surface area contributed by atoms with E-state index in [0.717, 1.165) is 0 Å². The van der Waals surface area contributed by atoms with Crippen molar-refractivity contribution in [2.24, 2.45) is 5.92 Å². The van der Waals surface area contributed by atoms with Crippen molar-refractivity contribution >= 4 is 11.7 Å². The van der Waals surface area contributed by atoms with Crippen LogP contribution >= 0.6 is 0 Å². The average Bonchev–Trinajstić information content (AvgIpc) is 3.23. The first-order valence-corrected chi connectivity index (χ1v) is 6.70. The molecule has 2 rings (SSSR count). The van der Waals surface area contributed by atoms with Gasteiger partial charge in [-0.1, -0.05) is 12.1 Å². The fraction of sp³-hybridized carbons (Fsp3) is 0.500. The number of amides is 2. The van der Waals surface area contributed by atoms with E-state index in [4.69, 9.17) is 4.74 Å². The van der Waals surface area contributed by atoms with Crippen molar-refractivity contribution < 1.29 is 19.0 Å². The highest BCUT2D eigenvalue weighted by Crippen LogP contribution is 2.28. The summed E-state index contributed by atoms with van der Waals surface area (Å²) in [6.45, 7) is 0.917. The van der Waals surface area contributed by atoms with Crippen LogP contribution in [0.5, 0.6) is 0 Å². The second-order valence-electron chi connectivity index (χ2n) is 4.95. The van der Waals surface area contributed by atoms with Gasteiger partial charge in [0.05, 0.1) is 18.4 Å². The van der Waals surface area contributed by atoms with E-state index in [2.05, 4.69) is 10.6 Å². The first-order chi connectivity index (χ1) is 9.65. The van der Waals surface area contributed by atoms with E-state index in [9.17, 15) is 14.3 Å². The standard InChI is InChI=1S/C14H19FN2O3/c15-12-3-1-2-4-13(12)17-14(19)16-7-11(18)9-20-8-10-5-6-10/h1-4,10-11,18H,5-9H2,(H2,16,17,19). The monoisotopic (exact) mass is 282 g/mol. The number of rotatable bonds is 7. The van der Waals surface area contributed by atoms with Gasteiger partial charge >= 0.3 is 6.03 Å². The molecular weight excluding hydrogens is 263 g/mol. The molecule has 6 heteroatoms. The SMILES string of the molecule is O=C(NCC(O)COCC1CC1)Nc1ccccc1F. The van der Waals surface area contributed by atoms with Gasteiger partial charge in [-0.2, -0.15) is 0 Å². The molecule has 1 saturated carbocycles. The summed E-state index contributed by atoms with van der Waals surface area (Å²) in [4.78, 5) is 11.5. The van der Waals surface area contributed by atoms with E-state index in [0.29, 0.717) is 12.5 Å². The zero-order valence-electron chi connectivity index (χ0n) is 11.1. The summed E-state index contributed by atoms with van der Waals surface area (Å²) in [6, 6.07) is 5.33. The molecular formula is C14H19FN2O3. The van der Waals surface area contributed by atoms with Gasteiger partial charge in [-0.3, -0.25) is 0 Å². The predicted molar refractivity (Wildman–Crippen MR) is 73.0 cm³/mol. The fourth-order valence-corrected chi connectivity index (χ4v) is 1.65. The Morgan fingerprint density at radius 3 is 2.90 bits per heavy atom. The normalized spacial score (nSPS) is 15.7. The number of anilines is 1. The minimum absolute atomic E-state index is 0.0605. The summed E-state index contributed by atoms with van der Waals surface area (Å²) < 4.78 is 18.6. The molecule has 1 fully saturated rings. The maximum atomic E-state index is 13.3. The Morgan fingerprint density at radius 1 is 1.45 bits per heavy atom. The van der Waals surface area contributed by atoms with Gasteiger partial charge in [0.25, 0.3) is 0 Å². The maximum Gasteiger partial charge on any atom is 0.319 e. The molecule has 5 nitrogen and oxygen atoms in total. The van der Waals surface area contributed by atoms with Crippen LogP contribution in [0.3, 0.4) is 0 Å². The number of ether oxygens (including phenoxy) is 1. The Balaban J connectivity index is 1.62. The van der Waals surface area contributed by atoms with E-state index >= 15 is 0 Å². The third-order valence-corrected chi connectivity index (χ3v) is 2.98. The zero-order valence-corrected chi connectivity index (χ0v) is 11.1. The Hall–Kier alpha value is -1.66. The molecule has 1 unspecified atom stereocenters. The van der Waals surface area contributed by atoms with Gasteiger partial charge in [-0.25, -0.2) is 9.18 Å². The van der Waals surface area contributed by atoms with Gasteiger partial charge in [0.1, 0.15) is 5.82 Å². The van der Waals surface area contributed by atoms with E-state index < -0.39 is 18.0 Å². The summed E-state index contributed by atoms with van der Waals surface area (Å²) in [5.41, 5.74) is 0.101. The highest BCUT2D eigenvalue weighted by molar-refractivity contribution is 5.89. The number of carbonyl (C=O) groups excluding carboxylic acids is 1. The molecule has 0 bridgehead atoms. The number of aliphatic hydroxyl groups excluding tert-OH is 1. The van der Waals surface area contributed by atoms with Crippen molar-refractivity contribution in [3.05, 3.63) is 30.1 Å². The average molecular weight is 282 g/mol. The minimum Gasteiger partial charge on any atom is -0.389 e. The van der Waals surface area contributed by atoms with Gasteiger partial charge in [-0.05, 0) is 30.9 Å². The van der Waals surface area contributed by atoms with E-state index in [1.54, 1.807) is 12.1 Å². The smallest absolute Gasteiger partial charge is 0.319 e. The summed E-state index contributed by atoms with van der Waals surface area (Å²) >= 11 is 0. The van der Waals surface area contributed by atoms with Crippen LogP contribution in [-0.4, -0.2) is 37.0 Å². The number of halogens is 1. The number of benzene rings is 1. The van der Waals surface area contributed by atoms with Crippen LogP contribution in [0.2, 0.25) is 0 Å². The third-order valence-electron chi connectivity index (χ3n) is 2.98. The molecule has 0 aliphatic heterocycles. The van der Waals surface area contributed by atoms with E-state index in [-0.39, 0.29) is 18.8 Å². The predicted octanol–water partition coefficient (Wildman–Crippen LogP) is 1.73. The number of urea groups is 1. The van der Waals surface area contributed by atoms with Crippen molar-refractivity contribution in [3.63, 3.8) is 0 Å². The molecule has 0 heterocycles. The van der Waals surface area contributed by atoms with Gasteiger partial charge in [-0.15, -0.1) is 0 Å². The number of nitrogens with one attached hydrogen (secondary N) is 2. The molecule has 1 aromatic carbocycles. The second-order valence-corrected chi connectivity index (χ2v) is 4.95. The molecule has 0 aromatic heterocycles. The van der Waals surface area contributed by atoms with Crippen molar-refractivity contribution in [2.75, 3.05) is 25.1 Å². The first-order valence-electron chi connectivity index (χ1n) is 6.70. The van der Waals surface area contributed by atoms with Crippen LogP contribution in [0, 0.1) is 11.7 Å². The minimum atomic E-state index is -0.764. The van der Waals surface area contributed by atoms with E-state index in [1.807, 2.05) is 0 Å². The third kappa shape index (κ3) is 5.14. The largest absolute Gasteiger partial charge is 0.389 e. The lowest BCUT2D eigenvalue weighted by molar-refractivity contribution is 0.0339. The lowest BCUT2D eigenvalue weighted by Gasteiger charge is -2.13. The van der Waals surface area contributed by atoms with Crippen molar-refractivity contribution in [3.8, 4) is 0 Å². The van der Waals surface area contributed by atoms with Gasteiger partial charge in [0.2, 0.25) is 0 Å². The Bertz CT molecular complexity index is 452. The highest BCUT2D eigenvalue weighted by atomic mass is 19.1. The molecule has 1 aliphatic rings. The molecule has 0 radical (unpaired) electrons. The van der Waals surface area contributed by atoms with Crippen molar-refractivity contribution in [1.82, 2.24) is 5.32 Å². The molecule has 1 atom stereocenters. The summed E-state index contributed by atoms with van der Waals surface area (Å²) in [5, 5.41) is 14.4. The molecule has 1 aromatic rings. The quantitative estimate of drug-likeness (QED) is 0.713. The van der Waals surface area contributed by atoms with Crippen molar-refractivity contribution in [2.45, 2.75) is 18.9 Å². The number of carbonyl (C=O) groups is 1. The number of aliphatic hydroxyl groups is 1. The summed E-state index contributed by atoms with van der Waals surface area (Å²) in [6.07, 6.45) is 1.62. The molecule has 3 N–H and O–H groups in total. The Morgan fingerprint density at radius 2 is 2.20 bits per heavy atom. The van der Waals surface area contributed by atoms with Crippen LogP contribution in [0.1, 0.15) is 12.8 Å². The van der Waals surface area contributed by atoms with E-state index in [1.165, 1.54) is 25.0 Å². The molecule has 0 saturated heterocycles. The number of para-hydroxylation sites is 1. The lowest BCUT2D eigenvalue weighted by atomic mass is 10.3. The molecule has 20 heavy (non-hydrogen) atoms. The first kappa shape index (κ1) is 14.7. The molecule has 110 valence electrons. The van der Waals surface area contributed by atoms with Crippen molar-refractivity contribution in [1.29, 1.82) is 0 Å². The zero-order chi connectivity index (χ0) is 14.4. The van der Waals surface area contributed by atoms with Crippen LogP contribution in [0.15, 0.2) is 24.3 Å². The van der Waals surface area contributed by atoms with Gasteiger partial charge in [0.15, 0.2) is 0 Å². The molecule has 1 aliphatic carbocycles. The van der Waals surface area contributed by atoms with Gasteiger partial charge < -0.3 is 20.5 Å². The number of hydrogen-bond acceptors (Lipinski definition) is 3. The van der Waals surface area contributed by atoms with Crippen LogP contribution in [0.4, 0.5) is 14.9 Å². The van der Waals surface area contributed by atoms with Gasteiger partial charge in [0, 0.05) is 13.2 Å². The maximum absolute atomic E-state index is 13.3.